The van der Waals surface area contributed by atoms with Crippen molar-refractivity contribution in [3.63, 3.8) is 0 Å². The second-order valence-corrected chi connectivity index (χ2v) is 5.79. The molecule has 3 heteroatoms. The first-order valence-corrected chi connectivity index (χ1v) is 8.62. The third kappa shape index (κ3) is 5.28. The lowest BCUT2D eigenvalue weighted by atomic mass is 10.2. The van der Waals surface area contributed by atoms with E-state index < -0.39 is 0 Å². The van der Waals surface area contributed by atoms with E-state index in [9.17, 15) is 0 Å². The smallest absolute Gasteiger partial charge is 0.127 e. The maximum atomic E-state index is 5.80. The van der Waals surface area contributed by atoms with E-state index in [1.54, 1.807) is 0 Å². The summed E-state index contributed by atoms with van der Waals surface area (Å²) in [5, 5.41) is 3.42. The summed E-state index contributed by atoms with van der Waals surface area (Å²) < 4.78 is 11.4. The standard InChI is InChI=1S/C22H23NO2/c1-2-16-24-20-12-8-18(9-13-20)17-23-19-10-14-22(15-11-19)25-21-6-4-3-5-7-21/h3-15,23H,2,16-17H2,1H3. The molecule has 3 nitrogen and oxygen atoms in total. The topological polar surface area (TPSA) is 30.5 Å². The Labute approximate surface area is 149 Å². The lowest BCUT2D eigenvalue weighted by molar-refractivity contribution is 0.317. The van der Waals surface area contributed by atoms with Crippen LogP contribution in [0.5, 0.6) is 17.2 Å². The van der Waals surface area contributed by atoms with Crippen LogP contribution in [0.4, 0.5) is 5.69 Å². The maximum absolute atomic E-state index is 5.80. The number of hydrogen-bond acceptors (Lipinski definition) is 3. The lowest BCUT2D eigenvalue weighted by Gasteiger charge is -2.10. The van der Waals surface area contributed by atoms with Crippen LogP contribution in [0.2, 0.25) is 0 Å². The first-order valence-electron chi connectivity index (χ1n) is 8.62. The summed E-state index contributed by atoms with van der Waals surface area (Å²) in [6.07, 6.45) is 1.02. The second-order valence-electron chi connectivity index (χ2n) is 5.79. The minimum atomic E-state index is 0.759. The molecule has 3 aromatic rings. The van der Waals surface area contributed by atoms with E-state index in [1.165, 1.54) is 5.56 Å². The molecule has 0 aliphatic carbocycles. The fraction of sp³-hybridized carbons (Fsp3) is 0.182. The summed E-state index contributed by atoms with van der Waals surface area (Å²) in [5.74, 6) is 2.59. The molecule has 0 fully saturated rings. The molecular weight excluding hydrogens is 310 g/mol. The van der Waals surface area contributed by atoms with Crippen molar-refractivity contribution in [2.75, 3.05) is 11.9 Å². The van der Waals surface area contributed by atoms with Crippen LogP contribution in [0.1, 0.15) is 18.9 Å². The molecule has 0 radical (unpaired) electrons. The molecule has 1 N–H and O–H groups in total. The van der Waals surface area contributed by atoms with E-state index in [0.29, 0.717) is 0 Å². The van der Waals surface area contributed by atoms with E-state index in [0.717, 1.165) is 42.5 Å². The third-order valence-corrected chi connectivity index (χ3v) is 3.73. The van der Waals surface area contributed by atoms with Crippen LogP contribution in [0.25, 0.3) is 0 Å². The number of benzene rings is 3. The van der Waals surface area contributed by atoms with Gasteiger partial charge >= 0.3 is 0 Å². The van der Waals surface area contributed by atoms with Crippen LogP contribution in [0.15, 0.2) is 78.9 Å². The van der Waals surface area contributed by atoms with Crippen molar-refractivity contribution in [1.29, 1.82) is 0 Å². The number of hydrogen-bond donors (Lipinski definition) is 1. The van der Waals surface area contributed by atoms with Crippen LogP contribution < -0.4 is 14.8 Å². The molecule has 3 rings (SSSR count). The van der Waals surface area contributed by atoms with Gasteiger partial charge in [-0.25, -0.2) is 0 Å². The zero-order valence-electron chi connectivity index (χ0n) is 14.4. The minimum absolute atomic E-state index is 0.759. The van der Waals surface area contributed by atoms with E-state index in [1.807, 2.05) is 66.7 Å². The summed E-state index contributed by atoms with van der Waals surface area (Å²) >= 11 is 0. The van der Waals surface area contributed by atoms with Gasteiger partial charge in [-0.3, -0.25) is 0 Å². The Balaban J connectivity index is 1.51. The SMILES string of the molecule is CCCOc1ccc(CNc2ccc(Oc3ccccc3)cc2)cc1. The lowest BCUT2D eigenvalue weighted by Crippen LogP contribution is -2.00. The number of para-hydroxylation sites is 1. The molecule has 0 heterocycles. The van der Waals surface area contributed by atoms with Crippen molar-refractivity contribution in [3.8, 4) is 17.2 Å². The van der Waals surface area contributed by atoms with Gasteiger partial charge < -0.3 is 14.8 Å². The van der Waals surface area contributed by atoms with Crippen molar-refractivity contribution >= 4 is 5.69 Å². The monoisotopic (exact) mass is 333 g/mol. The summed E-state index contributed by atoms with van der Waals surface area (Å²) in [5.41, 5.74) is 2.28. The van der Waals surface area contributed by atoms with Gasteiger partial charge in [0.1, 0.15) is 17.2 Å². The average molecular weight is 333 g/mol. The van der Waals surface area contributed by atoms with Gasteiger partial charge in [-0.2, -0.15) is 0 Å². The highest BCUT2D eigenvalue weighted by molar-refractivity contribution is 5.47. The number of anilines is 1. The number of ether oxygens (including phenoxy) is 2. The van der Waals surface area contributed by atoms with Crippen molar-refractivity contribution in [2.45, 2.75) is 19.9 Å². The van der Waals surface area contributed by atoms with Crippen LogP contribution in [-0.4, -0.2) is 6.61 Å². The minimum Gasteiger partial charge on any atom is -0.494 e. The van der Waals surface area contributed by atoms with Gasteiger partial charge in [0.15, 0.2) is 0 Å². The number of nitrogens with one attached hydrogen (secondary N) is 1. The van der Waals surface area contributed by atoms with Crippen LogP contribution in [0.3, 0.4) is 0 Å². The number of rotatable bonds is 8. The van der Waals surface area contributed by atoms with Gasteiger partial charge in [-0.1, -0.05) is 37.3 Å². The molecule has 0 saturated heterocycles. The van der Waals surface area contributed by atoms with Crippen LogP contribution >= 0.6 is 0 Å². The Morgan fingerprint density at radius 2 is 1.36 bits per heavy atom. The summed E-state index contributed by atoms with van der Waals surface area (Å²) in [4.78, 5) is 0. The Morgan fingerprint density at radius 3 is 2.04 bits per heavy atom. The van der Waals surface area contributed by atoms with Gasteiger partial charge in [-0.15, -0.1) is 0 Å². The predicted molar refractivity (Wildman–Crippen MR) is 103 cm³/mol. The molecule has 0 saturated carbocycles. The van der Waals surface area contributed by atoms with E-state index >= 15 is 0 Å². The Bertz CT molecular complexity index is 752. The van der Waals surface area contributed by atoms with Crippen molar-refractivity contribution in [3.05, 3.63) is 84.4 Å². The average Bonchev–Trinajstić information content (AvgIpc) is 2.67. The van der Waals surface area contributed by atoms with Gasteiger partial charge in [0.05, 0.1) is 6.61 Å². The zero-order valence-corrected chi connectivity index (χ0v) is 14.4. The van der Waals surface area contributed by atoms with Gasteiger partial charge in [0, 0.05) is 12.2 Å². The molecule has 0 atom stereocenters. The molecule has 128 valence electrons. The molecule has 3 aromatic carbocycles. The van der Waals surface area contributed by atoms with E-state index in [4.69, 9.17) is 9.47 Å². The van der Waals surface area contributed by atoms with Crippen molar-refractivity contribution < 1.29 is 9.47 Å². The van der Waals surface area contributed by atoms with Gasteiger partial charge in [0.2, 0.25) is 0 Å². The highest BCUT2D eigenvalue weighted by atomic mass is 16.5. The molecule has 0 unspecified atom stereocenters. The Kier molecular flexibility index (Phi) is 5.94. The highest BCUT2D eigenvalue weighted by Gasteiger charge is 1.99. The first kappa shape index (κ1) is 16.9. The third-order valence-electron chi connectivity index (χ3n) is 3.73. The van der Waals surface area contributed by atoms with E-state index in [-0.39, 0.29) is 0 Å². The van der Waals surface area contributed by atoms with Crippen molar-refractivity contribution in [2.24, 2.45) is 0 Å². The van der Waals surface area contributed by atoms with Crippen molar-refractivity contribution in [1.82, 2.24) is 0 Å². The fourth-order valence-electron chi connectivity index (χ4n) is 2.39. The molecule has 0 amide bonds. The largest absolute Gasteiger partial charge is 0.494 e. The second kappa shape index (κ2) is 8.78. The Morgan fingerprint density at radius 1 is 0.720 bits per heavy atom. The molecule has 25 heavy (non-hydrogen) atoms. The molecule has 0 aromatic heterocycles. The molecule has 0 spiro atoms. The maximum Gasteiger partial charge on any atom is 0.127 e. The van der Waals surface area contributed by atoms with Gasteiger partial charge in [0.25, 0.3) is 0 Å². The molecule has 0 aliphatic rings. The van der Waals surface area contributed by atoms with Crippen LogP contribution in [0, 0.1) is 0 Å². The molecule has 0 aliphatic heterocycles. The predicted octanol–water partition coefficient (Wildman–Crippen LogP) is 5.88. The van der Waals surface area contributed by atoms with E-state index in [2.05, 4.69) is 24.4 Å². The Hall–Kier alpha value is -2.94. The van der Waals surface area contributed by atoms with Gasteiger partial charge in [-0.05, 0) is 60.5 Å². The molecular formula is C22H23NO2. The molecule has 0 bridgehead atoms. The summed E-state index contributed by atoms with van der Waals surface area (Å²) in [7, 11) is 0. The zero-order chi connectivity index (χ0) is 17.3. The normalized spacial score (nSPS) is 10.3. The first-order chi connectivity index (χ1) is 12.3. The summed E-state index contributed by atoms with van der Waals surface area (Å²) in [6, 6.07) is 26.0. The quantitative estimate of drug-likeness (QED) is 0.558. The highest BCUT2D eigenvalue weighted by Crippen LogP contribution is 2.23. The van der Waals surface area contributed by atoms with Crippen LogP contribution in [-0.2, 0) is 6.54 Å². The summed E-state index contributed by atoms with van der Waals surface area (Å²) in [6.45, 7) is 3.64. The fourth-order valence-corrected chi connectivity index (χ4v) is 2.39.